The van der Waals surface area contributed by atoms with Gasteiger partial charge in [-0.15, -0.1) is 0 Å². The Morgan fingerprint density at radius 1 is 0.444 bits per heavy atom. The highest BCUT2D eigenvalue weighted by molar-refractivity contribution is 6.35. The Balaban J connectivity index is 1.56. The second-order valence-electron chi connectivity index (χ2n) is 9.34. The minimum Gasteiger partial charge on any atom is -0.455 e. The lowest BCUT2D eigenvalue weighted by atomic mass is 9.99. The molecule has 8 aromatic rings. The van der Waals surface area contributed by atoms with Crippen molar-refractivity contribution >= 4 is 54.5 Å². The SMILES string of the molecule is c1ccc(-c2ccc(-n3c4ccccc4c4c5c6ccccc6oc5c5ccccc5c43)cc2)cc1. The molecule has 6 aromatic carbocycles. The van der Waals surface area contributed by atoms with Gasteiger partial charge in [-0.05, 0) is 35.4 Å². The summed E-state index contributed by atoms with van der Waals surface area (Å²) in [7, 11) is 0. The quantitative estimate of drug-likeness (QED) is 0.252. The fourth-order valence-corrected chi connectivity index (χ4v) is 5.82. The Bertz CT molecular complexity index is 2080. The highest BCUT2D eigenvalue weighted by atomic mass is 16.3. The molecule has 0 radical (unpaired) electrons. The first kappa shape index (κ1) is 19.5. The standard InChI is InChI=1S/C34H21NO/c1-2-10-22(11-3-1)23-18-20-24(21-19-23)35-29-16-8-6-14-27(29)31-32-28-15-7-9-17-30(28)36-34(32)26-13-5-4-12-25(26)33(31)35/h1-21H. The second-order valence-corrected chi connectivity index (χ2v) is 9.34. The number of furan rings is 1. The van der Waals surface area contributed by atoms with E-state index < -0.39 is 0 Å². The van der Waals surface area contributed by atoms with Crippen LogP contribution in [0.15, 0.2) is 132 Å². The first-order valence-corrected chi connectivity index (χ1v) is 12.3. The van der Waals surface area contributed by atoms with Gasteiger partial charge in [-0.1, -0.05) is 103 Å². The summed E-state index contributed by atoms with van der Waals surface area (Å²) in [5.41, 5.74) is 7.90. The van der Waals surface area contributed by atoms with E-state index in [2.05, 4.69) is 126 Å². The van der Waals surface area contributed by atoms with Crippen LogP contribution in [0.4, 0.5) is 0 Å². The van der Waals surface area contributed by atoms with Gasteiger partial charge < -0.3 is 8.98 Å². The second kappa shape index (κ2) is 7.34. The molecule has 0 fully saturated rings. The summed E-state index contributed by atoms with van der Waals surface area (Å²) in [5.74, 6) is 0. The van der Waals surface area contributed by atoms with E-state index in [1.54, 1.807) is 0 Å². The average molecular weight is 460 g/mol. The van der Waals surface area contributed by atoms with Gasteiger partial charge in [-0.2, -0.15) is 0 Å². The summed E-state index contributed by atoms with van der Waals surface area (Å²) in [4.78, 5) is 0. The van der Waals surface area contributed by atoms with E-state index in [1.807, 2.05) is 6.07 Å². The molecule has 0 amide bonds. The lowest BCUT2D eigenvalue weighted by Gasteiger charge is -2.11. The fourth-order valence-electron chi connectivity index (χ4n) is 5.82. The lowest BCUT2D eigenvalue weighted by Crippen LogP contribution is -1.94. The first-order valence-electron chi connectivity index (χ1n) is 12.3. The van der Waals surface area contributed by atoms with E-state index in [0.29, 0.717) is 0 Å². The van der Waals surface area contributed by atoms with E-state index in [-0.39, 0.29) is 0 Å². The summed E-state index contributed by atoms with van der Waals surface area (Å²) in [6.45, 7) is 0. The normalized spacial score (nSPS) is 11.9. The summed E-state index contributed by atoms with van der Waals surface area (Å²) < 4.78 is 8.91. The van der Waals surface area contributed by atoms with Gasteiger partial charge in [0.25, 0.3) is 0 Å². The maximum atomic E-state index is 6.49. The molecule has 0 saturated carbocycles. The number of para-hydroxylation sites is 2. The Morgan fingerprint density at radius 3 is 1.86 bits per heavy atom. The summed E-state index contributed by atoms with van der Waals surface area (Å²) in [5, 5.41) is 7.17. The third kappa shape index (κ3) is 2.61. The van der Waals surface area contributed by atoms with Crippen LogP contribution in [-0.4, -0.2) is 4.57 Å². The summed E-state index contributed by atoms with van der Waals surface area (Å²) >= 11 is 0. The van der Waals surface area contributed by atoms with Crippen molar-refractivity contribution in [2.75, 3.05) is 0 Å². The maximum Gasteiger partial charge on any atom is 0.144 e. The Kier molecular flexibility index (Phi) is 3.97. The van der Waals surface area contributed by atoms with E-state index in [0.717, 1.165) is 27.6 Å². The first-order chi connectivity index (χ1) is 17.9. The number of hydrogen-bond acceptors (Lipinski definition) is 1. The zero-order valence-electron chi connectivity index (χ0n) is 19.5. The highest BCUT2D eigenvalue weighted by Crippen LogP contribution is 2.45. The molecule has 0 N–H and O–H groups in total. The number of benzene rings is 6. The van der Waals surface area contributed by atoms with Crippen molar-refractivity contribution in [2.24, 2.45) is 0 Å². The molecule has 2 nitrogen and oxygen atoms in total. The number of aromatic nitrogens is 1. The van der Waals surface area contributed by atoms with Gasteiger partial charge in [0.1, 0.15) is 11.2 Å². The van der Waals surface area contributed by atoms with Crippen LogP contribution in [0.1, 0.15) is 0 Å². The minimum atomic E-state index is 0.925. The van der Waals surface area contributed by atoms with Crippen LogP contribution in [0.25, 0.3) is 71.3 Å². The van der Waals surface area contributed by atoms with E-state index in [1.165, 1.54) is 43.7 Å². The van der Waals surface area contributed by atoms with E-state index >= 15 is 0 Å². The molecule has 2 aromatic heterocycles. The molecule has 0 atom stereocenters. The van der Waals surface area contributed by atoms with Crippen molar-refractivity contribution in [3.05, 3.63) is 127 Å². The summed E-state index contributed by atoms with van der Waals surface area (Å²) in [6.07, 6.45) is 0. The zero-order chi connectivity index (χ0) is 23.6. The Labute approximate surface area is 207 Å². The van der Waals surface area contributed by atoms with E-state index in [4.69, 9.17) is 4.42 Å². The number of rotatable bonds is 2. The molecule has 0 bridgehead atoms. The molecule has 0 spiro atoms. The average Bonchev–Trinajstić information content (AvgIpc) is 3.50. The van der Waals surface area contributed by atoms with Crippen molar-refractivity contribution in [2.45, 2.75) is 0 Å². The zero-order valence-corrected chi connectivity index (χ0v) is 19.5. The van der Waals surface area contributed by atoms with Crippen molar-refractivity contribution in [3.8, 4) is 16.8 Å². The number of fused-ring (bicyclic) bond motifs is 10. The Morgan fingerprint density at radius 2 is 1.06 bits per heavy atom. The van der Waals surface area contributed by atoms with Crippen LogP contribution in [0, 0.1) is 0 Å². The van der Waals surface area contributed by atoms with Gasteiger partial charge in [-0.25, -0.2) is 0 Å². The largest absolute Gasteiger partial charge is 0.455 e. The molecule has 2 heterocycles. The van der Waals surface area contributed by atoms with Crippen molar-refractivity contribution in [3.63, 3.8) is 0 Å². The minimum absolute atomic E-state index is 0.925. The van der Waals surface area contributed by atoms with Crippen molar-refractivity contribution in [1.82, 2.24) is 4.57 Å². The molecule has 0 aliphatic carbocycles. The summed E-state index contributed by atoms with van der Waals surface area (Å²) in [6, 6.07) is 45.2. The smallest absolute Gasteiger partial charge is 0.144 e. The third-order valence-corrected chi connectivity index (χ3v) is 7.38. The molecular weight excluding hydrogens is 438 g/mol. The monoisotopic (exact) mass is 459 g/mol. The molecule has 36 heavy (non-hydrogen) atoms. The van der Waals surface area contributed by atoms with Crippen LogP contribution < -0.4 is 0 Å². The number of hydrogen-bond donors (Lipinski definition) is 0. The van der Waals surface area contributed by atoms with E-state index in [9.17, 15) is 0 Å². The maximum absolute atomic E-state index is 6.49. The van der Waals surface area contributed by atoms with Gasteiger partial charge in [0, 0.05) is 38.0 Å². The van der Waals surface area contributed by atoms with Gasteiger partial charge in [-0.3, -0.25) is 0 Å². The molecule has 0 aliphatic rings. The third-order valence-electron chi connectivity index (χ3n) is 7.38. The molecular formula is C34H21NO. The molecule has 2 heteroatoms. The van der Waals surface area contributed by atoms with Crippen molar-refractivity contribution < 1.29 is 4.42 Å². The molecule has 0 aliphatic heterocycles. The van der Waals surface area contributed by atoms with Crippen molar-refractivity contribution in [1.29, 1.82) is 0 Å². The van der Waals surface area contributed by atoms with Gasteiger partial charge in [0.05, 0.1) is 11.0 Å². The predicted molar refractivity (Wildman–Crippen MR) is 151 cm³/mol. The number of nitrogens with zero attached hydrogens (tertiary/aromatic N) is 1. The molecule has 0 saturated heterocycles. The molecule has 8 rings (SSSR count). The van der Waals surface area contributed by atoms with Gasteiger partial charge >= 0.3 is 0 Å². The topological polar surface area (TPSA) is 18.1 Å². The van der Waals surface area contributed by atoms with Gasteiger partial charge in [0.15, 0.2) is 0 Å². The highest BCUT2D eigenvalue weighted by Gasteiger charge is 2.22. The fraction of sp³-hybridized carbons (Fsp3) is 0. The van der Waals surface area contributed by atoms with Crippen LogP contribution in [0.3, 0.4) is 0 Å². The van der Waals surface area contributed by atoms with Crippen LogP contribution >= 0.6 is 0 Å². The van der Waals surface area contributed by atoms with Gasteiger partial charge in [0.2, 0.25) is 0 Å². The molecule has 168 valence electrons. The van der Waals surface area contributed by atoms with Crippen LogP contribution in [0.5, 0.6) is 0 Å². The molecule has 0 unspecified atom stereocenters. The van der Waals surface area contributed by atoms with Crippen LogP contribution in [-0.2, 0) is 0 Å². The van der Waals surface area contributed by atoms with Crippen LogP contribution in [0.2, 0.25) is 0 Å². The predicted octanol–water partition coefficient (Wildman–Crippen LogP) is 9.50. The Hall–Kier alpha value is -4.82. The lowest BCUT2D eigenvalue weighted by molar-refractivity contribution is 0.673.